The molecule has 0 aliphatic rings. The fourth-order valence-electron chi connectivity index (χ4n) is 1.49. The number of carbonyl (C=O) groups excluding carboxylic acids is 1. The summed E-state index contributed by atoms with van der Waals surface area (Å²) in [6, 6.07) is 5.63. The lowest BCUT2D eigenvalue weighted by molar-refractivity contribution is 0.0939. The molecule has 0 aliphatic carbocycles. The zero-order valence-corrected chi connectivity index (χ0v) is 13.4. The van der Waals surface area contributed by atoms with Gasteiger partial charge in [-0.3, -0.25) is 4.79 Å². The van der Waals surface area contributed by atoms with E-state index in [9.17, 15) is 4.79 Å². The highest BCUT2D eigenvalue weighted by Crippen LogP contribution is 2.26. The van der Waals surface area contributed by atoms with Crippen LogP contribution in [0.3, 0.4) is 0 Å². The largest absolute Gasteiger partial charge is 0.492 e. The van der Waals surface area contributed by atoms with Gasteiger partial charge in [0.2, 0.25) is 0 Å². The monoisotopic (exact) mass is 327 g/mol. The third-order valence-electron chi connectivity index (χ3n) is 2.94. The summed E-state index contributed by atoms with van der Waals surface area (Å²) in [4.78, 5) is 12.0. The Morgan fingerprint density at radius 1 is 1.42 bits per heavy atom. The van der Waals surface area contributed by atoms with Gasteiger partial charge in [-0.25, -0.2) is 0 Å². The Kier molecular flexibility index (Phi) is 6.92. The molecule has 1 amide bonds. The number of unbranched alkanes of at least 4 members (excludes halogenated alkanes) is 1. The molecular formula is C15H22BrNO2. The third kappa shape index (κ3) is 5.23. The van der Waals surface area contributed by atoms with Crippen molar-refractivity contribution in [3.05, 3.63) is 28.2 Å². The molecule has 4 heteroatoms. The third-order valence-corrected chi connectivity index (χ3v) is 3.56. The van der Waals surface area contributed by atoms with Gasteiger partial charge in [-0.1, -0.05) is 20.3 Å². The number of ether oxygens (including phenoxy) is 1. The molecule has 19 heavy (non-hydrogen) atoms. The van der Waals surface area contributed by atoms with Crippen molar-refractivity contribution >= 4 is 21.8 Å². The summed E-state index contributed by atoms with van der Waals surface area (Å²) in [7, 11) is 0. The van der Waals surface area contributed by atoms with Crippen LogP contribution in [0.2, 0.25) is 0 Å². The van der Waals surface area contributed by atoms with Crippen molar-refractivity contribution in [2.75, 3.05) is 6.61 Å². The van der Waals surface area contributed by atoms with Crippen molar-refractivity contribution in [3.8, 4) is 5.75 Å². The summed E-state index contributed by atoms with van der Waals surface area (Å²) in [5, 5.41) is 2.94. The molecule has 0 saturated heterocycles. The zero-order valence-electron chi connectivity index (χ0n) is 11.8. The standard InChI is InChI=1S/C15H22BrNO2/c1-4-6-9-19-14-8-7-12(10-13(14)16)15(18)17-11(3)5-2/h7-8,10-11H,4-6,9H2,1-3H3,(H,17,18)/t11-/m1/s1. The van der Waals surface area contributed by atoms with Crippen LogP contribution in [0.4, 0.5) is 0 Å². The highest BCUT2D eigenvalue weighted by Gasteiger charge is 2.11. The number of nitrogens with one attached hydrogen (secondary N) is 1. The molecular weight excluding hydrogens is 306 g/mol. The molecule has 0 fully saturated rings. The maximum Gasteiger partial charge on any atom is 0.251 e. The molecule has 0 unspecified atom stereocenters. The van der Waals surface area contributed by atoms with Gasteiger partial charge in [-0.05, 0) is 53.9 Å². The van der Waals surface area contributed by atoms with E-state index in [4.69, 9.17) is 4.74 Å². The quantitative estimate of drug-likeness (QED) is 0.764. The Hall–Kier alpha value is -1.03. The molecule has 0 saturated carbocycles. The average molecular weight is 328 g/mol. The summed E-state index contributed by atoms with van der Waals surface area (Å²) in [5.74, 6) is 0.740. The Labute approximate surface area is 123 Å². The van der Waals surface area contributed by atoms with Crippen molar-refractivity contribution < 1.29 is 9.53 Å². The number of hydrogen-bond donors (Lipinski definition) is 1. The molecule has 0 aliphatic heterocycles. The van der Waals surface area contributed by atoms with Crippen LogP contribution in [-0.2, 0) is 0 Å². The maximum absolute atomic E-state index is 12.0. The molecule has 3 nitrogen and oxygen atoms in total. The second-order valence-corrected chi connectivity index (χ2v) is 5.48. The maximum atomic E-state index is 12.0. The second-order valence-electron chi connectivity index (χ2n) is 4.63. The summed E-state index contributed by atoms with van der Waals surface area (Å²) >= 11 is 3.45. The van der Waals surface area contributed by atoms with Crippen LogP contribution in [0.5, 0.6) is 5.75 Å². The van der Waals surface area contributed by atoms with Gasteiger partial charge in [-0.2, -0.15) is 0 Å². The number of halogens is 1. The van der Waals surface area contributed by atoms with Gasteiger partial charge >= 0.3 is 0 Å². The molecule has 106 valence electrons. The van der Waals surface area contributed by atoms with Crippen LogP contribution in [-0.4, -0.2) is 18.6 Å². The van der Waals surface area contributed by atoms with Crippen molar-refractivity contribution in [1.29, 1.82) is 0 Å². The Morgan fingerprint density at radius 2 is 2.16 bits per heavy atom. The van der Waals surface area contributed by atoms with E-state index in [0.29, 0.717) is 12.2 Å². The first-order chi connectivity index (χ1) is 9.08. The van der Waals surface area contributed by atoms with Crippen LogP contribution in [0.15, 0.2) is 22.7 Å². The Bertz CT molecular complexity index is 421. The van der Waals surface area contributed by atoms with Crippen LogP contribution < -0.4 is 10.1 Å². The van der Waals surface area contributed by atoms with Gasteiger partial charge in [0, 0.05) is 11.6 Å². The first-order valence-electron chi connectivity index (χ1n) is 6.81. The van der Waals surface area contributed by atoms with Crippen LogP contribution in [0, 0.1) is 0 Å². The lowest BCUT2D eigenvalue weighted by Crippen LogP contribution is -2.31. The second kappa shape index (κ2) is 8.20. The predicted octanol–water partition coefficient (Wildman–Crippen LogP) is 4.16. The summed E-state index contributed by atoms with van der Waals surface area (Å²) < 4.78 is 6.46. The molecule has 0 bridgehead atoms. The minimum Gasteiger partial charge on any atom is -0.492 e. The highest BCUT2D eigenvalue weighted by molar-refractivity contribution is 9.10. The minimum absolute atomic E-state index is 0.0461. The van der Waals surface area contributed by atoms with Gasteiger partial charge in [0.1, 0.15) is 5.75 Å². The van der Waals surface area contributed by atoms with Crippen LogP contribution in [0.1, 0.15) is 50.4 Å². The van der Waals surface area contributed by atoms with E-state index in [2.05, 4.69) is 28.2 Å². The van der Waals surface area contributed by atoms with Crippen molar-refractivity contribution in [3.63, 3.8) is 0 Å². The molecule has 0 aromatic heterocycles. The summed E-state index contributed by atoms with van der Waals surface area (Å²) in [5.41, 5.74) is 0.648. The van der Waals surface area contributed by atoms with E-state index in [1.807, 2.05) is 19.9 Å². The lowest BCUT2D eigenvalue weighted by Gasteiger charge is -2.13. The fraction of sp³-hybridized carbons (Fsp3) is 0.533. The van der Waals surface area contributed by atoms with Gasteiger partial charge in [0.15, 0.2) is 0 Å². The molecule has 1 atom stereocenters. The van der Waals surface area contributed by atoms with Gasteiger partial charge in [-0.15, -0.1) is 0 Å². The topological polar surface area (TPSA) is 38.3 Å². The number of hydrogen-bond acceptors (Lipinski definition) is 2. The smallest absolute Gasteiger partial charge is 0.251 e. The van der Waals surface area contributed by atoms with E-state index < -0.39 is 0 Å². The van der Waals surface area contributed by atoms with Crippen LogP contribution in [0.25, 0.3) is 0 Å². The summed E-state index contributed by atoms with van der Waals surface area (Å²) in [6.45, 7) is 6.87. The molecule has 0 heterocycles. The average Bonchev–Trinajstić information content (AvgIpc) is 2.40. The number of carbonyl (C=O) groups is 1. The molecule has 1 aromatic carbocycles. The predicted molar refractivity (Wildman–Crippen MR) is 81.8 cm³/mol. The van der Waals surface area contributed by atoms with Crippen molar-refractivity contribution in [2.45, 2.75) is 46.1 Å². The van der Waals surface area contributed by atoms with Gasteiger partial charge < -0.3 is 10.1 Å². The van der Waals surface area contributed by atoms with Crippen molar-refractivity contribution in [2.24, 2.45) is 0 Å². The Balaban J connectivity index is 2.67. The minimum atomic E-state index is -0.0461. The lowest BCUT2D eigenvalue weighted by atomic mass is 10.2. The number of benzene rings is 1. The normalized spacial score (nSPS) is 12.0. The molecule has 0 radical (unpaired) electrons. The van der Waals surface area contributed by atoms with Gasteiger partial charge in [0.25, 0.3) is 5.91 Å². The molecule has 1 rings (SSSR count). The first kappa shape index (κ1) is 16.0. The van der Waals surface area contributed by atoms with E-state index in [1.165, 1.54) is 0 Å². The van der Waals surface area contributed by atoms with E-state index >= 15 is 0 Å². The molecule has 1 aromatic rings. The highest BCUT2D eigenvalue weighted by atomic mass is 79.9. The van der Waals surface area contributed by atoms with Crippen LogP contribution >= 0.6 is 15.9 Å². The SMILES string of the molecule is CCCCOc1ccc(C(=O)N[C@H](C)CC)cc1Br. The molecule has 0 spiro atoms. The number of rotatable bonds is 7. The van der Waals surface area contributed by atoms with E-state index in [0.717, 1.165) is 29.5 Å². The summed E-state index contributed by atoms with van der Waals surface area (Å²) in [6.07, 6.45) is 3.06. The van der Waals surface area contributed by atoms with Gasteiger partial charge in [0.05, 0.1) is 11.1 Å². The van der Waals surface area contributed by atoms with Crippen molar-refractivity contribution in [1.82, 2.24) is 5.32 Å². The number of amides is 1. The first-order valence-corrected chi connectivity index (χ1v) is 7.61. The molecule has 1 N–H and O–H groups in total. The fourth-order valence-corrected chi connectivity index (χ4v) is 1.99. The Morgan fingerprint density at radius 3 is 2.74 bits per heavy atom. The van der Waals surface area contributed by atoms with E-state index in [1.54, 1.807) is 12.1 Å². The van der Waals surface area contributed by atoms with E-state index in [-0.39, 0.29) is 11.9 Å². The zero-order chi connectivity index (χ0) is 14.3.